The lowest BCUT2D eigenvalue weighted by molar-refractivity contribution is -0.232. The topological polar surface area (TPSA) is 111 Å². The predicted octanol–water partition coefficient (Wildman–Crippen LogP) is 4.44. The first-order valence-corrected chi connectivity index (χ1v) is 12.2. The lowest BCUT2D eigenvalue weighted by Crippen LogP contribution is -2.45. The maximum atomic E-state index is 13.7. The van der Waals surface area contributed by atoms with Crippen LogP contribution in [0.3, 0.4) is 0 Å². The van der Waals surface area contributed by atoms with Gasteiger partial charge in [-0.25, -0.2) is 14.4 Å². The van der Waals surface area contributed by atoms with Crippen molar-refractivity contribution in [2.45, 2.75) is 26.7 Å². The van der Waals surface area contributed by atoms with Crippen molar-refractivity contribution in [3.63, 3.8) is 0 Å². The lowest BCUT2D eigenvalue weighted by Gasteiger charge is -2.36. The van der Waals surface area contributed by atoms with Gasteiger partial charge in [0.2, 0.25) is 12.2 Å². The van der Waals surface area contributed by atoms with Crippen molar-refractivity contribution in [2.24, 2.45) is 5.41 Å². The minimum atomic E-state index is -0.746. The number of rotatable bonds is 8. The molecule has 1 aliphatic heterocycles. The largest absolute Gasteiger partial charge is 0.459 e. The molecule has 0 aliphatic carbocycles. The SMILES string of the molecule is CC(=O)NCC1(C)COC(c2nc(-c3ccc(F)cc3)c(-c3ccnc(OCc4ccccc4)n3)[nH]2)OC1. The van der Waals surface area contributed by atoms with Crippen LogP contribution in [0.2, 0.25) is 0 Å². The number of ether oxygens (including phenoxy) is 3. The Morgan fingerprint density at radius 1 is 1.11 bits per heavy atom. The van der Waals surface area contributed by atoms with Crippen LogP contribution < -0.4 is 10.1 Å². The van der Waals surface area contributed by atoms with Crippen molar-refractivity contribution >= 4 is 5.91 Å². The zero-order valence-electron chi connectivity index (χ0n) is 21.1. The molecule has 0 bridgehead atoms. The number of aromatic nitrogens is 4. The summed E-state index contributed by atoms with van der Waals surface area (Å²) in [6, 6.07) is 17.8. The van der Waals surface area contributed by atoms with E-state index < -0.39 is 6.29 Å². The van der Waals surface area contributed by atoms with E-state index in [0.717, 1.165) is 5.56 Å². The van der Waals surface area contributed by atoms with Gasteiger partial charge < -0.3 is 24.5 Å². The summed E-state index contributed by atoms with van der Waals surface area (Å²) in [5.74, 6) is -0.00158. The van der Waals surface area contributed by atoms with Gasteiger partial charge in [0, 0.05) is 30.6 Å². The van der Waals surface area contributed by atoms with Gasteiger partial charge in [-0.15, -0.1) is 0 Å². The van der Waals surface area contributed by atoms with E-state index in [4.69, 9.17) is 19.2 Å². The van der Waals surface area contributed by atoms with Gasteiger partial charge in [-0.1, -0.05) is 37.3 Å². The molecule has 1 saturated heterocycles. The minimum absolute atomic E-state index is 0.107. The van der Waals surface area contributed by atoms with Crippen LogP contribution in [0.25, 0.3) is 22.6 Å². The highest BCUT2D eigenvalue weighted by Crippen LogP contribution is 2.35. The number of imidazole rings is 1. The molecular weight excluding hydrogens is 489 g/mol. The number of nitrogens with one attached hydrogen (secondary N) is 2. The molecule has 38 heavy (non-hydrogen) atoms. The van der Waals surface area contributed by atoms with Crippen LogP contribution in [-0.4, -0.2) is 45.6 Å². The quantitative estimate of drug-likeness (QED) is 0.355. The van der Waals surface area contributed by atoms with Crippen molar-refractivity contribution in [1.82, 2.24) is 25.3 Å². The molecule has 0 spiro atoms. The number of benzene rings is 2. The number of hydrogen-bond donors (Lipinski definition) is 2. The third kappa shape index (κ3) is 6.04. The number of amides is 1. The van der Waals surface area contributed by atoms with E-state index in [-0.39, 0.29) is 23.1 Å². The van der Waals surface area contributed by atoms with Gasteiger partial charge in [-0.3, -0.25) is 4.79 Å². The standard InChI is InChI=1S/C28H28FN5O4/c1-18(35)31-15-28(2)16-37-26(38-17-28)25-33-23(20-8-10-21(29)11-9-20)24(34-25)22-12-13-30-27(32-22)36-14-19-6-4-3-5-7-19/h3-13,26H,14-17H2,1-2H3,(H,31,35)(H,33,34). The van der Waals surface area contributed by atoms with Gasteiger partial charge in [-0.2, -0.15) is 4.98 Å². The smallest absolute Gasteiger partial charge is 0.317 e. The van der Waals surface area contributed by atoms with E-state index in [9.17, 15) is 9.18 Å². The third-order valence-electron chi connectivity index (χ3n) is 6.09. The number of aromatic amines is 1. The molecule has 196 valence electrons. The molecule has 0 saturated carbocycles. The average molecular weight is 518 g/mol. The summed E-state index contributed by atoms with van der Waals surface area (Å²) in [7, 11) is 0. The maximum absolute atomic E-state index is 13.7. The molecule has 4 aromatic rings. The Bertz CT molecular complexity index is 1390. The van der Waals surface area contributed by atoms with Crippen LogP contribution >= 0.6 is 0 Å². The molecule has 5 rings (SSSR count). The number of carbonyl (C=O) groups is 1. The van der Waals surface area contributed by atoms with Crippen molar-refractivity contribution < 1.29 is 23.4 Å². The van der Waals surface area contributed by atoms with Crippen LogP contribution in [0, 0.1) is 11.2 Å². The van der Waals surface area contributed by atoms with Crippen LogP contribution in [0.5, 0.6) is 6.01 Å². The molecule has 1 fully saturated rings. The molecular formula is C28H28FN5O4. The number of H-pyrrole nitrogens is 1. The van der Waals surface area contributed by atoms with Gasteiger partial charge in [-0.05, 0) is 35.9 Å². The summed E-state index contributed by atoms with van der Waals surface area (Å²) in [4.78, 5) is 28.2. The van der Waals surface area contributed by atoms with E-state index in [1.165, 1.54) is 19.1 Å². The van der Waals surface area contributed by atoms with E-state index in [2.05, 4.69) is 20.3 Å². The molecule has 2 aromatic heterocycles. The van der Waals surface area contributed by atoms with Crippen LogP contribution in [0.1, 0.15) is 31.5 Å². The fraction of sp³-hybridized carbons (Fsp3) is 0.286. The number of carbonyl (C=O) groups excluding carboxylic acids is 1. The predicted molar refractivity (Wildman–Crippen MR) is 137 cm³/mol. The highest BCUT2D eigenvalue weighted by Gasteiger charge is 2.35. The molecule has 0 unspecified atom stereocenters. The number of hydrogen-bond acceptors (Lipinski definition) is 7. The zero-order chi connectivity index (χ0) is 26.5. The van der Waals surface area contributed by atoms with Gasteiger partial charge in [0.1, 0.15) is 12.4 Å². The Morgan fingerprint density at radius 3 is 2.55 bits per heavy atom. The molecule has 10 heteroatoms. The minimum Gasteiger partial charge on any atom is -0.459 e. The summed E-state index contributed by atoms with van der Waals surface area (Å²) >= 11 is 0. The first-order valence-electron chi connectivity index (χ1n) is 12.2. The van der Waals surface area contributed by atoms with Gasteiger partial charge >= 0.3 is 6.01 Å². The van der Waals surface area contributed by atoms with Crippen molar-refractivity contribution in [2.75, 3.05) is 19.8 Å². The first-order chi connectivity index (χ1) is 18.4. The maximum Gasteiger partial charge on any atom is 0.317 e. The van der Waals surface area contributed by atoms with Gasteiger partial charge in [0.15, 0.2) is 5.82 Å². The monoisotopic (exact) mass is 517 g/mol. The van der Waals surface area contributed by atoms with E-state index >= 15 is 0 Å². The Labute approximate surface area is 219 Å². The Balaban J connectivity index is 1.41. The van der Waals surface area contributed by atoms with Crippen molar-refractivity contribution in [3.05, 3.63) is 84.1 Å². The molecule has 0 atom stereocenters. The lowest BCUT2D eigenvalue weighted by atomic mass is 9.92. The summed E-state index contributed by atoms with van der Waals surface area (Å²) in [6.45, 7) is 4.95. The Kier molecular flexibility index (Phi) is 7.43. The number of nitrogens with zero attached hydrogens (tertiary/aromatic N) is 3. The number of halogens is 1. The second-order valence-corrected chi connectivity index (χ2v) is 9.53. The molecule has 9 nitrogen and oxygen atoms in total. The van der Waals surface area contributed by atoms with Crippen LogP contribution in [-0.2, 0) is 20.9 Å². The second-order valence-electron chi connectivity index (χ2n) is 9.53. The molecule has 3 heterocycles. The Morgan fingerprint density at radius 2 is 1.84 bits per heavy atom. The van der Waals surface area contributed by atoms with E-state index in [0.29, 0.717) is 54.8 Å². The molecule has 2 aromatic carbocycles. The van der Waals surface area contributed by atoms with Gasteiger partial charge in [0.25, 0.3) is 0 Å². The molecule has 1 amide bonds. The third-order valence-corrected chi connectivity index (χ3v) is 6.09. The molecule has 2 N–H and O–H groups in total. The van der Waals surface area contributed by atoms with Gasteiger partial charge in [0.05, 0.1) is 30.3 Å². The van der Waals surface area contributed by atoms with E-state index in [1.54, 1.807) is 24.4 Å². The average Bonchev–Trinajstić information content (AvgIpc) is 3.38. The summed E-state index contributed by atoms with van der Waals surface area (Å²) in [5.41, 5.74) is 3.03. The van der Waals surface area contributed by atoms with Crippen molar-refractivity contribution in [1.29, 1.82) is 0 Å². The summed E-state index contributed by atoms with van der Waals surface area (Å²) < 4.78 is 31.5. The first kappa shape index (κ1) is 25.5. The molecule has 0 radical (unpaired) electrons. The van der Waals surface area contributed by atoms with Crippen molar-refractivity contribution in [3.8, 4) is 28.7 Å². The van der Waals surface area contributed by atoms with Crippen LogP contribution in [0.15, 0.2) is 66.9 Å². The second kappa shape index (κ2) is 11.1. The fourth-order valence-electron chi connectivity index (χ4n) is 4.02. The summed E-state index contributed by atoms with van der Waals surface area (Å²) in [5, 5.41) is 2.82. The Hall–Kier alpha value is -4.15. The fourth-order valence-corrected chi connectivity index (χ4v) is 4.02. The van der Waals surface area contributed by atoms with E-state index in [1.807, 2.05) is 37.3 Å². The molecule has 1 aliphatic rings. The zero-order valence-corrected chi connectivity index (χ0v) is 21.1. The highest BCUT2D eigenvalue weighted by atomic mass is 19.1. The van der Waals surface area contributed by atoms with Crippen LogP contribution in [0.4, 0.5) is 4.39 Å². The normalized spacial score (nSPS) is 19.2. The summed E-state index contributed by atoms with van der Waals surface area (Å²) in [6.07, 6.45) is 0.863. The highest BCUT2D eigenvalue weighted by molar-refractivity contribution is 5.76.